The Morgan fingerprint density at radius 3 is 2.69 bits per heavy atom. The molecule has 0 aliphatic heterocycles. The maximum Gasteiger partial charge on any atom is 0.338 e. The molecule has 1 rings (SSSR count). The van der Waals surface area contributed by atoms with Crippen LogP contribution >= 0.6 is 0 Å². The van der Waals surface area contributed by atoms with Crippen molar-refractivity contribution in [1.82, 2.24) is 0 Å². The molecular formula is C14H20O2. The van der Waals surface area contributed by atoms with E-state index in [4.69, 9.17) is 4.74 Å². The third-order valence-corrected chi connectivity index (χ3v) is 2.62. The lowest BCUT2D eigenvalue weighted by Gasteiger charge is -2.21. The number of ether oxygens (including phenoxy) is 1. The fourth-order valence-corrected chi connectivity index (χ4v) is 1.65. The van der Waals surface area contributed by atoms with Crippen LogP contribution in [-0.4, -0.2) is 5.97 Å². The van der Waals surface area contributed by atoms with Gasteiger partial charge in [0.15, 0.2) is 0 Å². The summed E-state index contributed by atoms with van der Waals surface area (Å²) in [4.78, 5) is 11.5. The maximum absolute atomic E-state index is 11.5. The van der Waals surface area contributed by atoms with Gasteiger partial charge in [0, 0.05) is 12.0 Å². The molecule has 0 saturated heterocycles. The number of hydrogen-bond donors (Lipinski definition) is 0. The molecule has 0 saturated carbocycles. The summed E-state index contributed by atoms with van der Waals surface area (Å²) in [6.07, 6.45) is 5.02. The van der Waals surface area contributed by atoms with Gasteiger partial charge in [0.05, 0.1) is 0 Å². The van der Waals surface area contributed by atoms with Crippen LogP contribution < -0.4 is 0 Å². The predicted molar refractivity (Wildman–Crippen MR) is 65.7 cm³/mol. The molecule has 0 heterocycles. The lowest BCUT2D eigenvalue weighted by atomic mass is 9.91. The first kappa shape index (κ1) is 12.8. The SMILES string of the molecule is C=C(C)C(=O)OC1=C(C(C)C)C=CC(C)C1. The van der Waals surface area contributed by atoms with Crippen molar-refractivity contribution in [2.75, 3.05) is 0 Å². The van der Waals surface area contributed by atoms with Crippen molar-refractivity contribution in [1.29, 1.82) is 0 Å². The molecule has 0 radical (unpaired) electrons. The van der Waals surface area contributed by atoms with Gasteiger partial charge in [-0.15, -0.1) is 0 Å². The summed E-state index contributed by atoms with van der Waals surface area (Å²) in [5.41, 5.74) is 1.56. The van der Waals surface area contributed by atoms with Crippen LogP contribution in [0.15, 0.2) is 35.6 Å². The van der Waals surface area contributed by atoms with E-state index in [2.05, 4.69) is 39.5 Å². The van der Waals surface area contributed by atoms with Crippen LogP contribution in [0.1, 0.15) is 34.1 Å². The average molecular weight is 220 g/mol. The van der Waals surface area contributed by atoms with Crippen LogP contribution in [0.3, 0.4) is 0 Å². The topological polar surface area (TPSA) is 26.3 Å². The van der Waals surface area contributed by atoms with E-state index in [0.29, 0.717) is 17.4 Å². The van der Waals surface area contributed by atoms with Gasteiger partial charge in [0.1, 0.15) is 5.76 Å². The summed E-state index contributed by atoms with van der Waals surface area (Å²) in [6.45, 7) is 11.6. The van der Waals surface area contributed by atoms with Gasteiger partial charge < -0.3 is 4.74 Å². The van der Waals surface area contributed by atoms with Gasteiger partial charge in [-0.1, -0.05) is 39.5 Å². The zero-order chi connectivity index (χ0) is 12.3. The van der Waals surface area contributed by atoms with E-state index in [1.165, 1.54) is 0 Å². The third kappa shape index (κ3) is 3.09. The number of rotatable bonds is 3. The van der Waals surface area contributed by atoms with Gasteiger partial charge >= 0.3 is 5.97 Å². The standard InChI is InChI=1S/C14H20O2/c1-9(2)12-7-6-11(5)8-13(12)16-14(15)10(3)4/h6-7,9,11H,3,8H2,1-2,4-5H3. The monoisotopic (exact) mass is 220 g/mol. The summed E-state index contributed by atoms with van der Waals surface area (Å²) in [5, 5.41) is 0. The molecule has 0 spiro atoms. The van der Waals surface area contributed by atoms with E-state index < -0.39 is 0 Å². The Kier molecular flexibility index (Phi) is 4.11. The fraction of sp³-hybridized carbons (Fsp3) is 0.500. The van der Waals surface area contributed by atoms with E-state index in [0.717, 1.165) is 17.8 Å². The zero-order valence-corrected chi connectivity index (χ0v) is 10.5. The molecule has 0 amide bonds. The van der Waals surface area contributed by atoms with Gasteiger partial charge in [-0.05, 0) is 24.3 Å². The van der Waals surface area contributed by atoms with Crippen molar-refractivity contribution in [3.05, 3.63) is 35.6 Å². The molecule has 2 nitrogen and oxygen atoms in total. The van der Waals surface area contributed by atoms with E-state index in [9.17, 15) is 4.79 Å². The lowest BCUT2D eigenvalue weighted by molar-refractivity contribution is -0.135. The van der Waals surface area contributed by atoms with E-state index in [1.807, 2.05) is 0 Å². The molecule has 1 aliphatic rings. The van der Waals surface area contributed by atoms with Crippen molar-refractivity contribution >= 4 is 5.97 Å². The molecule has 1 aliphatic carbocycles. The Hall–Kier alpha value is -1.31. The van der Waals surface area contributed by atoms with Crippen molar-refractivity contribution < 1.29 is 9.53 Å². The molecule has 1 unspecified atom stereocenters. The second-order valence-electron chi connectivity index (χ2n) is 4.74. The van der Waals surface area contributed by atoms with Crippen LogP contribution in [0, 0.1) is 11.8 Å². The largest absolute Gasteiger partial charge is 0.427 e. The molecular weight excluding hydrogens is 200 g/mol. The molecule has 0 bridgehead atoms. The molecule has 0 aromatic carbocycles. The van der Waals surface area contributed by atoms with Crippen LogP contribution in [0.5, 0.6) is 0 Å². The number of hydrogen-bond acceptors (Lipinski definition) is 2. The van der Waals surface area contributed by atoms with E-state index >= 15 is 0 Å². The molecule has 1 atom stereocenters. The van der Waals surface area contributed by atoms with Crippen LogP contribution in [0.4, 0.5) is 0 Å². The van der Waals surface area contributed by atoms with Gasteiger partial charge in [-0.3, -0.25) is 0 Å². The Morgan fingerprint density at radius 1 is 1.56 bits per heavy atom. The normalized spacial score (nSPS) is 20.2. The minimum absolute atomic E-state index is 0.323. The predicted octanol–water partition coefficient (Wildman–Crippen LogP) is 3.61. The Morgan fingerprint density at radius 2 is 2.19 bits per heavy atom. The van der Waals surface area contributed by atoms with Crippen LogP contribution in [0.2, 0.25) is 0 Å². The van der Waals surface area contributed by atoms with Crippen LogP contribution in [-0.2, 0) is 9.53 Å². The molecule has 16 heavy (non-hydrogen) atoms. The van der Waals surface area contributed by atoms with Gasteiger partial charge in [-0.2, -0.15) is 0 Å². The molecule has 0 N–H and O–H groups in total. The summed E-state index contributed by atoms with van der Waals surface area (Å²) >= 11 is 0. The second-order valence-corrected chi connectivity index (χ2v) is 4.74. The molecule has 0 fully saturated rings. The van der Waals surface area contributed by atoms with Gasteiger partial charge in [-0.25, -0.2) is 4.79 Å². The van der Waals surface area contributed by atoms with Gasteiger partial charge in [0.2, 0.25) is 0 Å². The van der Waals surface area contributed by atoms with Crippen molar-refractivity contribution in [2.45, 2.75) is 34.1 Å². The summed E-state index contributed by atoms with van der Waals surface area (Å²) in [6, 6.07) is 0. The number of carbonyl (C=O) groups is 1. The van der Waals surface area contributed by atoms with Crippen molar-refractivity contribution in [3.8, 4) is 0 Å². The van der Waals surface area contributed by atoms with Crippen LogP contribution in [0.25, 0.3) is 0 Å². The first-order chi connectivity index (χ1) is 7.41. The quantitative estimate of drug-likeness (QED) is 0.536. The summed E-state index contributed by atoms with van der Waals surface area (Å²) < 4.78 is 5.39. The third-order valence-electron chi connectivity index (χ3n) is 2.62. The van der Waals surface area contributed by atoms with Crippen molar-refractivity contribution in [3.63, 3.8) is 0 Å². The Balaban J connectivity index is 2.91. The minimum atomic E-state index is -0.323. The van der Waals surface area contributed by atoms with Crippen molar-refractivity contribution in [2.24, 2.45) is 11.8 Å². The maximum atomic E-state index is 11.5. The summed E-state index contributed by atoms with van der Waals surface area (Å²) in [7, 11) is 0. The highest BCUT2D eigenvalue weighted by Gasteiger charge is 2.19. The highest BCUT2D eigenvalue weighted by molar-refractivity contribution is 5.87. The number of esters is 1. The summed E-state index contributed by atoms with van der Waals surface area (Å²) in [5.74, 6) is 1.28. The smallest absolute Gasteiger partial charge is 0.338 e. The van der Waals surface area contributed by atoms with E-state index in [1.54, 1.807) is 6.92 Å². The zero-order valence-electron chi connectivity index (χ0n) is 10.5. The minimum Gasteiger partial charge on any atom is -0.427 e. The lowest BCUT2D eigenvalue weighted by Crippen LogP contribution is -2.13. The first-order valence-corrected chi connectivity index (χ1v) is 5.70. The Bertz CT molecular complexity index is 359. The number of allylic oxidation sites excluding steroid dienone is 4. The molecule has 0 aromatic heterocycles. The molecule has 2 heteroatoms. The fourth-order valence-electron chi connectivity index (χ4n) is 1.65. The molecule has 88 valence electrons. The van der Waals surface area contributed by atoms with Gasteiger partial charge in [0.25, 0.3) is 0 Å². The second kappa shape index (κ2) is 5.15. The highest BCUT2D eigenvalue weighted by Crippen LogP contribution is 2.29. The highest BCUT2D eigenvalue weighted by atomic mass is 16.5. The average Bonchev–Trinajstić information content (AvgIpc) is 2.16. The molecule has 0 aromatic rings. The Labute approximate surface area is 97.7 Å². The van der Waals surface area contributed by atoms with E-state index in [-0.39, 0.29) is 5.97 Å². The first-order valence-electron chi connectivity index (χ1n) is 5.70. The number of carbonyl (C=O) groups excluding carboxylic acids is 1.